The van der Waals surface area contributed by atoms with Crippen LogP contribution in [0.4, 0.5) is 0 Å². The molecule has 4 rings (SSSR count). The van der Waals surface area contributed by atoms with Crippen molar-refractivity contribution in [2.24, 2.45) is 0 Å². The number of hydrogen-bond donors (Lipinski definition) is 1. The van der Waals surface area contributed by atoms with Gasteiger partial charge in [0.05, 0.1) is 24.6 Å². The normalized spacial score (nSPS) is 12.7. The second kappa shape index (κ2) is 5.66. The van der Waals surface area contributed by atoms with Gasteiger partial charge in [-0.05, 0) is 26.0 Å². The largest absolute Gasteiger partial charge is 0.467 e. The molecule has 1 atom stereocenters. The number of hydrogen-bond acceptors (Lipinski definition) is 5. The molecule has 0 aliphatic carbocycles. The lowest BCUT2D eigenvalue weighted by Gasteiger charge is -2.15. The third-order valence-electron chi connectivity index (χ3n) is 4.19. The van der Waals surface area contributed by atoms with Gasteiger partial charge in [-0.25, -0.2) is 4.68 Å². The van der Waals surface area contributed by atoms with Gasteiger partial charge >= 0.3 is 0 Å². The summed E-state index contributed by atoms with van der Waals surface area (Å²) in [6.07, 6.45) is 3.10. The summed E-state index contributed by atoms with van der Waals surface area (Å²) in [4.78, 5) is 25.1. The Morgan fingerprint density at radius 2 is 2.12 bits per heavy atom. The molecular formula is C17H16N4O4. The number of fused-ring (bicyclic) bond motifs is 3. The average molecular weight is 340 g/mol. The van der Waals surface area contributed by atoms with Crippen molar-refractivity contribution in [2.45, 2.75) is 26.4 Å². The van der Waals surface area contributed by atoms with Crippen LogP contribution in [0.5, 0.6) is 0 Å². The molecule has 0 unspecified atom stereocenters. The smallest absolute Gasteiger partial charge is 0.291 e. The second-order valence-corrected chi connectivity index (χ2v) is 5.81. The Bertz CT molecular complexity index is 1120. The Labute approximate surface area is 141 Å². The molecule has 0 aromatic carbocycles. The van der Waals surface area contributed by atoms with Gasteiger partial charge in [-0.15, -0.1) is 0 Å². The lowest BCUT2D eigenvalue weighted by molar-refractivity contribution is -0.124. The highest BCUT2D eigenvalue weighted by Crippen LogP contribution is 2.20. The minimum absolute atomic E-state index is 0.254. The van der Waals surface area contributed by atoms with Crippen LogP contribution in [-0.4, -0.2) is 20.1 Å². The van der Waals surface area contributed by atoms with E-state index >= 15 is 0 Å². The highest BCUT2D eigenvalue weighted by atomic mass is 16.3. The summed E-state index contributed by atoms with van der Waals surface area (Å²) in [6.45, 7) is 3.67. The van der Waals surface area contributed by atoms with Crippen molar-refractivity contribution in [2.75, 3.05) is 0 Å². The molecule has 4 aromatic rings. The number of rotatable bonds is 4. The zero-order chi connectivity index (χ0) is 17.6. The summed E-state index contributed by atoms with van der Waals surface area (Å²) < 4.78 is 13.5. The van der Waals surface area contributed by atoms with Gasteiger partial charge in [0.25, 0.3) is 5.56 Å². The van der Waals surface area contributed by atoms with Gasteiger partial charge in [-0.2, -0.15) is 5.10 Å². The Morgan fingerprint density at radius 3 is 2.88 bits per heavy atom. The van der Waals surface area contributed by atoms with Gasteiger partial charge in [0.1, 0.15) is 23.1 Å². The van der Waals surface area contributed by atoms with Gasteiger partial charge < -0.3 is 14.2 Å². The minimum atomic E-state index is -0.757. The molecule has 0 aliphatic rings. The Balaban J connectivity index is 1.69. The van der Waals surface area contributed by atoms with Crippen LogP contribution in [0.15, 0.2) is 50.4 Å². The van der Waals surface area contributed by atoms with E-state index < -0.39 is 6.04 Å². The van der Waals surface area contributed by atoms with E-state index in [2.05, 4.69) is 10.4 Å². The topological polar surface area (TPSA) is 94.7 Å². The number of aromatic nitrogens is 3. The van der Waals surface area contributed by atoms with Crippen LogP contribution in [-0.2, 0) is 11.3 Å². The molecular weight excluding hydrogens is 324 g/mol. The fourth-order valence-electron chi connectivity index (χ4n) is 2.90. The fourth-order valence-corrected chi connectivity index (χ4v) is 2.90. The van der Waals surface area contributed by atoms with Gasteiger partial charge in [-0.1, -0.05) is 0 Å². The third-order valence-corrected chi connectivity index (χ3v) is 4.19. The molecule has 0 fully saturated rings. The molecule has 1 N–H and O–H groups in total. The first-order valence-corrected chi connectivity index (χ1v) is 7.84. The van der Waals surface area contributed by atoms with E-state index in [9.17, 15) is 9.59 Å². The van der Waals surface area contributed by atoms with Crippen molar-refractivity contribution < 1.29 is 13.6 Å². The quantitative estimate of drug-likeness (QED) is 0.613. The summed E-state index contributed by atoms with van der Waals surface area (Å²) >= 11 is 0. The first kappa shape index (κ1) is 15.3. The maximum absolute atomic E-state index is 12.8. The number of amides is 1. The molecule has 0 radical (unpaired) electrons. The molecule has 1 amide bonds. The van der Waals surface area contributed by atoms with Crippen LogP contribution in [0.1, 0.15) is 24.6 Å². The molecule has 0 aliphatic heterocycles. The summed E-state index contributed by atoms with van der Waals surface area (Å²) in [6, 6.07) is 6.20. The SMILES string of the molecule is Cc1nn([C@H](C)C(=O)NCc2ccco2)c(=O)c2cc3occc3n12. The molecule has 25 heavy (non-hydrogen) atoms. The van der Waals surface area contributed by atoms with Crippen LogP contribution < -0.4 is 10.9 Å². The molecule has 4 heterocycles. The Hall–Kier alpha value is -3.29. The van der Waals surface area contributed by atoms with E-state index in [0.717, 1.165) is 5.52 Å². The van der Waals surface area contributed by atoms with E-state index in [1.54, 1.807) is 48.8 Å². The lowest BCUT2D eigenvalue weighted by Crippen LogP contribution is -2.37. The van der Waals surface area contributed by atoms with Crippen LogP contribution in [0, 0.1) is 6.92 Å². The summed E-state index contributed by atoms with van der Waals surface area (Å²) in [5, 5.41) is 7.05. The average Bonchev–Trinajstić information content (AvgIpc) is 3.31. The monoisotopic (exact) mass is 340 g/mol. The van der Waals surface area contributed by atoms with Crippen molar-refractivity contribution >= 4 is 22.5 Å². The lowest BCUT2D eigenvalue weighted by atomic mass is 10.3. The van der Waals surface area contributed by atoms with Crippen molar-refractivity contribution in [3.63, 3.8) is 0 Å². The van der Waals surface area contributed by atoms with Gasteiger partial charge in [0.2, 0.25) is 5.91 Å². The molecule has 8 heteroatoms. The van der Waals surface area contributed by atoms with Crippen molar-refractivity contribution in [3.05, 3.63) is 58.7 Å². The van der Waals surface area contributed by atoms with Crippen LogP contribution in [0.2, 0.25) is 0 Å². The number of aryl methyl sites for hydroxylation is 1. The first-order chi connectivity index (χ1) is 12.1. The Kier molecular flexibility index (Phi) is 3.45. The maximum atomic E-state index is 12.8. The molecule has 4 aromatic heterocycles. The maximum Gasteiger partial charge on any atom is 0.291 e. The molecule has 0 bridgehead atoms. The van der Waals surface area contributed by atoms with Crippen LogP contribution in [0.25, 0.3) is 16.6 Å². The van der Waals surface area contributed by atoms with E-state index in [1.165, 1.54) is 10.9 Å². The molecule has 8 nitrogen and oxygen atoms in total. The van der Waals surface area contributed by atoms with E-state index in [4.69, 9.17) is 8.83 Å². The summed E-state index contributed by atoms with van der Waals surface area (Å²) in [7, 11) is 0. The fraction of sp³-hybridized carbons (Fsp3) is 0.235. The molecule has 0 saturated heterocycles. The standard InChI is InChI=1S/C17H16N4O4/c1-10(16(22)18-9-12-4-3-6-24-12)21-17(23)14-8-15-13(5-7-25-15)20(14)11(2)19-21/h3-8,10H,9H2,1-2H3,(H,18,22)/t10-/m1/s1. The van der Waals surface area contributed by atoms with Crippen LogP contribution >= 0.6 is 0 Å². The predicted octanol–water partition coefficient (Wildman–Crippen LogP) is 2.02. The van der Waals surface area contributed by atoms with Crippen molar-refractivity contribution in [1.29, 1.82) is 0 Å². The summed E-state index contributed by atoms with van der Waals surface area (Å²) in [5.41, 5.74) is 1.46. The van der Waals surface area contributed by atoms with E-state index in [0.29, 0.717) is 22.7 Å². The van der Waals surface area contributed by atoms with E-state index in [-0.39, 0.29) is 18.0 Å². The number of nitrogens with zero attached hydrogens (tertiary/aromatic N) is 3. The van der Waals surface area contributed by atoms with Gasteiger partial charge in [0.15, 0.2) is 5.58 Å². The van der Waals surface area contributed by atoms with E-state index in [1.807, 2.05) is 0 Å². The van der Waals surface area contributed by atoms with Gasteiger partial charge in [0, 0.05) is 12.1 Å². The predicted molar refractivity (Wildman–Crippen MR) is 89.2 cm³/mol. The zero-order valence-corrected chi connectivity index (χ0v) is 13.7. The first-order valence-electron chi connectivity index (χ1n) is 7.84. The van der Waals surface area contributed by atoms with Crippen molar-refractivity contribution in [3.8, 4) is 0 Å². The number of furan rings is 2. The third kappa shape index (κ3) is 2.42. The number of carbonyl (C=O) groups is 1. The Morgan fingerprint density at radius 1 is 1.28 bits per heavy atom. The van der Waals surface area contributed by atoms with Crippen LogP contribution in [0.3, 0.4) is 0 Å². The minimum Gasteiger partial charge on any atom is -0.467 e. The van der Waals surface area contributed by atoms with Crippen molar-refractivity contribution in [1.82, 2.24) is 19.5 Å². The summed E-state index contributed by atoms with van der Waals surface area (Å²) in [5.74, 6) is 0.918. The van der Waals surface area contributed by atoms with Gasteiger partial charge in [-0.3, -0.25) is 14.0 Å². The second-order valence-electron chi connectivity index (χ2n) is 5.81. The number of nitrogens with one attached hydrogen (secondary N) is 1. The number of carbonyl (C=O) groups excluding carboxylic acids is 1. The molecule has 0 spiro atoms. The molecule has 0 saturated carbocycles. The highest BCUT2D eigenvalue weighted by Gasteiger charge is 2.21. The zero-order valence-electron chi connectivity index (χ0n) is 13.7. The highest BCUT2D eigenvalue weighted by molar-refractivity contribution is 5.83. The molecule has 128 valence electrons.